The van der Waals surface area contributed by atoms with Gasteiger partial charge in [0, 0.05) is 24.0 Å². The van der Waals surface area contributed by atoms with Crippen molar-refractivity contribution in [3.05, 3.63) is 65.2 Å². The summed E-state index contributed by atoms with van der Waals surface area (Å²) in [5.74, 6) is 0.372. The number of anilines is 1. The number of amides is 1. The first kappa shape index (κ1) is 18.8. The molecule has 0 bridgehead atoms. The predicted octanol–water partition coefficient (Wildman–Crippen LogP) is 2.95. The first-order chi connectivity index (χ1) is 14.1. The van der Waals surface area contributed by atoms with Crippen molar-refractivity contribution in [3.63, 3.8) is 0 Å². The molecule has 0 spiro atoms. The number of ether oxygens (including phenoxy) is 1. The lowest BCUT2D eigenvalue weighted by atomic mass is 10.2. The molecule has 0 saturated heterocycles. The number of rotatable bonds is 6. The smallest absolute Gasteiger partial charge is 0.267 e. The van der Waals surface area contributed by atoms with Gasteiger partial charge in [0.1, 0.15) is 12.3 Å². The van der Waals surface area contributed by atoms with Crippen molar-refractivity contribution in [3.8, 4) is 17.0 Å². The van der Waals surface area contributed by atoms with Crippen LogP contribution in [-0.4, -0.2) is 32.3 Å². The van der Waals surface area contributed by atoms with Gasteiger partial charge in [-0.3, -0.25) is 14.6 Å². The van der Waals surface area contributed by atoms with E-state index in [1.165, 1.54) is 17.4 Å². The number of thiazole rings is 1. The zero-order valence-corrected chi connectivity index (χ0v) is 16.3. The molecule has 3 aromatic heterocycles. The number of nitrogens with zero attached hydrogens (tertiary/aromatic N) is 4. The quantitative estimate of drug-likeness (QED) is 0.528. The third kappa shape index (κ3) is 4.30. The molecule has 0 unspecified atom stereocenters. The summed E-state index contributed by atoms with van der Waals surface area (Å²) in [7, 11) is 0. The molecule has 146 valence electrons. The highest BCUT2D eigenvalue weighted by Gasteiger charge is 2.12. The minimum absolute atomic E-state index is 0.215. The molecule has 1 aromatic carbocycles. The molecule has 29 heavy (non-hydrogen) atoms. The molecule has 1 N–H and O–H groups in total. The Hall–Kier alpha value is -3.59. The lowest BCUT2D eigenvalue weighted by molar-refractivity contribution is -0.117. The van der Waals surface area contributed by atoms with Crippen molar-refractivity contribution in [2.24, 2.45) is 0 Å². The first-order valence-corrected chi connectivity index (χ1v) is 9.76. The average Bonchev–Trinajstić information content (AvgIpc) is 3.12. The molecule has 0 saturated carbocycles. The molecule has 0 radical (unpaired) electrons. The highest BCUT2D eigenvalue weighted by atomic mass is 32.1. The summed E-state index contributed by atoms with van der Waals surface area (Å²) >= 11 is 1.34. The summed E-state index contributed by atoms with van der Waals surface area (Å²) < 4.78 is 7.51. The second-order valence-corrected chi connectivity index (χ2v) is 7.12. The lowest BCUT2D eigenvalue weighted by Crippen LogP contribution is -2.29. The number of fused-ring (bicyclic) bond motifs is 1. The monoisotopic (exact) mass is 407 g/mol. The summed E-state index contributed by atoms with van der Waals surface area (Å²) in [4.78, 5) is 33.0. The van der Waals surface area contributed by atoms with E-state index in [9.17, 15) is 9.59 Å². The van der Waals surface area contributed by atoms with Crippen LogP contribution in [0.3, 0.4) is 0 Å². The Kier molecular flexibility index (Phi) is 5.30. The van der Waals surface area contributed by atoms with Crippen LogP contribution >= 0.6 is 11.3 Å². The fourth-order valence-electron chi connectivity index (χ4n) is 2.74. The number of benzene rings is 1. The molecule has 0 aliphatic carbocycles. The summed E-state index contributed by atoms with van der Waals surface area (Å²) in [6, 6.07) is 12.2. The van der Waals surface area contributed by atoms with Crippen LogP contribution in [0.1, 0.15) is 6.92 Å². The maximum absolute atomic E-state index is 12.4. The van der Waals surface area contributed by atoms with Gasteiger partial charge in [0.05, 0.1) is 22.5 Å². The van der Waals surface area contributed by atoms with Gasteiger partial charge in [-0.1, -0.05) is 11.3 Å². The third-order valence-electron chi connectivity index (χ3n) is 4.03. The highest BCUT2D eigenvalue weighted by molar-refractivity contribution is 7.22. The van der Waals surface area contributed by atoms with Gasteiger partial charge in [-0.15, -0.1) is 0 Å². The zero-order valence-electron chi connectivity index (χ0n) is 15.5. The van der Waals surface area contributed by atoms with Crippen LogP contribution in [0, 0.1) is 0 Å². The Morgan fingerprint density at radius 2 is 2.14 bits per heavy atom. The molecule has 9 heteroatoms. The Labute approximate surface area is 169 Å². The van der Waals surface area contributed by atoms with Crippen LogP contribution in [0.5, 0.6) is 5.75 Å². The lowest BCUT2D eigenvalue weighted by Gasteiger charge is -2.06. The summed E-state index contributed by atoms with van der Waals surface area (Å²) in [6.07, 6.45) is 3.30. The van der Waals surface area contributed by atoms with Crippen LogP contribution in [0.2, 0.25) is 0 Å². The second-order valence-electron chi connectivity index (χ2n) is 6.09. The van der Waals surface area contributed by atoms with E-state index in [0.29, 0.717) is 17.4 Å². The van der Waals surface area contributed by atoms with Crippen molar-refractivity contribution in [1.82, 2.24) is 19.7 Å². The first-order valence-electron chi connectivity index (χ1n) is 8.94. The number of nitrogens with one attached hydrogen (secondary N) is 1. The molecule has 3 heterocycles. The fraction of sp³-hybridized carbons (Fsp3) is 0.150. The number of carbonyl (C=O) groups is 1. The minimum atomic E-state index is -0.382. The van der Waals surface area contributed by atoms with E-state index in [1.807, 2.05) is 31.2 Å². The number of hydrogen-bond acceptors (Lipinski definition) is 7. The maximum atomic E-state index is 12.4. The van der Waals surface area contributed by atoms with Crippen LogP contribution in [0.4, 0.5) is 5.13 Å². The molecule has 0 fully saturated rings. The number of pyridine rings is 1. The minimum Gasteiger partial charge on any atom is -0.494 e. The maximum Gasteiger partial charge on any atom is 0.267 e. The standard InChI is InChI=1S/C20H17N5O3S/c1-2-28-14-5-6-16-17(10-14)29-20(22-16)23-18(26)12-25-19(27)8-7-15(24-25)13-4-3-9-21-11-13/h3-11H,2,12H2,1H3,(H,22,23,26). The van der Waals surface area contributed by atoms with Crippen molar-refractivity contribution >= 4 is 32.6 Å². The van der Waals surface area contributed by atoms with Gasteiger partial charge in [0.15, 0.2) is 5.13 Å². The van der Waals surface area contributed by atoms with E-state index >= 15 is 0 Å². The molecule has 4 rings (SSSR count). The SMILES string of the molecule is CCOc1ccc2nc(NC(=O)Cn3nc(-c4cccnc4)ccc3=O)sc2c1. The third-order valence-corrected chi connectivity index (χ3v) is 4.97. The topological polar surface area (TPSA) is 99.0 Å². The van der Waals surface area contributed by atoms with Crippen LogP contribution in [-0.2, 0) is 11.3 Å². The van der Waals surface area contributed by atoms with Crippen molar-refractivity contribution in [1.29, 1.82) is 0 Å². The fourth-order valence-corrected chi connectivity index (χ4v) is 3.65. The molecule has 8 nitrogen and oxygen atoms in total. The number of hydrogen-bond donors (Lipinski definition) is 1. The van der Waals surface area contributed by atoms with Gasteiger partial charge < -0.3 is 10.1 Å². The summed E-state index contributed by atoms with van der Waals surface area (Å²) in [6.45, 7) is 2.28. The van der Waals surface area contributed by atoms with Crippen LogP contribution in [0.15, 0.2) is 59.7 Å². The Morgan fingerprint density at radius 1 is 1.24 bits per heavy atom. The van der Waals surface area contributed by atoms with Gasteiger partial charge in [0.25, 0.3) is 5.56 Å². The van der Waals surface area contributed by atoms with Gasteiger partial charge in [-0.2, -0.15) is 5.10 Å². The van der Waals surface area contributed by atoms with E-state index < -0.39 is 0 Å². The van der Waals surface area contributed by atoms with Crippen LogP contribution < -0.4 is 15.6 Å². The molecular weight excluding hydrogens is 390 g/mol. The molecule has 4 aromatic rings. The Morgan fingerprint density at radius 3 is 2.93 bits per heavy atom. The van der Waals surface area contributed by atoms with E-state index in [2.05, 4.69) is 20.4 Å². The van der Waals surface area contributed by atoms with Gasteiger partial charge >= 0.3 is 0 Å². The van der Waals surface area contributed by atoms with Gasteiger partial charge in [0.2, 0.25) is 5.91 Å². The Balaban J connectivity index is 1.51. The molecule has 0 atom stereocenters. The summed E-state index contributed by atoms with van der Waals surface area (Å²) in [5, 5.41) is 7.46. The number of aromatic nitrogens is 4. The molecule has 0 aliphatic heterocycles. The van der Waals surface area contributed by atoms with E-state index in [1.54, 1.807) is 24.5 Å². The highest BCUT2D eigenvalue weighted by Crippen LogP contribution is 2.29. The van der Waals surface area contributed by atoms with Crippen LogP contribution in [0.25, 0.3) is 21.5 Å². The van der Waals surface area contributed by atoms with Gasteiger partial charge in [-0.05, 0) is 43.3 Å². The van der Waals surface area contributed by atoms with E-state index in [0.717, 1.165) is 26.2 Å². The van der Waals surface area contributed by atoms with Crippen molar-refractivity contribution in [2.45, 2.75) is 13.5 Å². The van der Waals surface area contributed by atoms with Gasteiger partial charge in [-0.25, -0.2) is 9.67 Å². The number of carbonyl (C=O) groups excluding carboxylic acids is 1. The summed E-state index contributed by atoms with van der Waals surface area (Å²) in [5.41, 5.74) is 1.73. The zero-order chi connectivity index (χ0) is 20.2. The van der Waals surface area contributed by atoms with Crippen molar-refractivity contribution < 1.29 is 9.53 Å². The predicted molar refractivity (Wildman–Crippen MR) is 111 cm³/mol. The van der Waals surface area contributed by atoms with E-state index in [-0.39, 0.29) is 18.0 Å². The Bertz CT molecular complexity index is 1220. The average molecular weight is 407 g/mol. The normalized spacial score (nSPS) is 10.8. The van der Waals surface area contributed by atoms with Crippen molar-refractivity contribution in [2.75, 3.05) is 11.9 Å². The van der Waals surface area contributed by atoms with E-state index in [4.69, 9.17) is 4.74 Å². The molecule has 0 aliphatic rings. The largest absolute Gasteiger partial charge is 0.494 e. The second kappa shape index (κ2) is 8.19. The molecule has 1 amide bonds. The molecular formula is C20H17N5O3S.